The van der Waals surface area contributed by atoms with Gasteiger partial charge in [-0.1, -0.05) is 29.3 Å². The molecule has 1 N–H and O–H groups in total. The Balaban J connectivity index is 1.50. The van der Waals surface area contributed by atoms with Gasteiger partial charge in [-0.2, -0.15) is 0 Å². The first-order chi connectivity index (χ1) is 12.6. The minimum atomic E-state index is -0.121. The molecule has 2 aromatic rings. The average Bonchev–Trinajstić information content (AvgIpc) is 3.48. The molecule has 1 aromatic carbocycles. The number of morpholine rings is 1. The van der Waals surface area contributed by atoms with Crippen molar-refractivity contribution in [1.82, 2.24) is 10.3 Å². The summed E-state index contributed by atoms with van der Waals surface area (Å²) in [6, 6.07) is 9.47. The monoisotopic (exact) mass is 391 g/mol. The molecule has 1 aromatic heterocycles. The van der Waals surface area contributed by atoms with Crippen LogP contribution in [0.5, 0.6) is 0 Å². The van der Waals surface area contributed by atoms with Gasteiger partial charge in [0.1, 0.15) is 11.9 Å². The van der Waals surface area contributed by atoms with Crippen molar-refractivity contribution in [3.05, 3.63) is 57.7 Å². The molecule has 7 heteroatoms. The van der Waals surface area contributed by atoms with Crippen LogP contribution in [0, 0.1) is 0 Å². The molecule has 2 aliphatic rings. The number of rotatable bonds is 4. The number of ether oxygens (including phenoxy) is 1. The van der Waals surface area contributed by atoms with Gasteiger partial charge in [0, 0.05) is 30.9 Å². The number of anilines is 1. The Kier molecular flexibility index (Phi) is 5.02. The maximum atomic E-state index is 12.3. The average molecular weight is 392 g/mol. The number of hydrogen-bond donors (Lipinski definition) is 1. The van der Waals surface area contributed by atoms with Gasteiger partial charge in [0.05, 0.1) is 16.7 Å². The Labute approximate surface area is 162 Å². The van der Waals surface area contributed by atoms with Gasteiger partial charge in [0.25, 0.3) is 5.91 Å². The molecule has 2 heterocycles. The van der Waals surface area contributed by atoms with Crippen LogP contribution in [-0.4, -0.2) is 36.6 Å². The lowest BCUT2D eigenvalue weighted by Gasteiger charge is -2.34. The van der Waals surface area contributed by atoms with E-state index in [9.17, 15) is 4.79 Å². The number of aromatic nitrogens is 1. The fourth-order valence-corrected chi connectivity index (χ4v) is 3.31. The Morgan fingerprint density at radius 1 is 1.19 bits per heavy atom. The van der Waals surface area contributed by atoms with Gasteiger partial charge in [-0.05, 0) is 42.7 Å². The predicted octanol–water partition coefficient (Wildman–Crippen LogP) is 3.86. The summed E-state index contributed by atoms with van der Waals surface area (Å²) < 4.78 is 5.90. The van der Waals surface area contributed by atoms with Crippen molar-refractivity contribution in [2.24, 2.45) is 0 Å². The van der Waals surface area contributed by atoms with Gasteiger partial charge < -0.3 is 15.0 Å². The summed E-state index contributed by atoms with van der Waals surface area (Å²) in [5.41, 5.74) is 1.62. The van der Waals surface area contributed by atoms with Crippen molar-refractivity contribution in [2.45, 2.75) is 25.0 Å². The molecular formula is C19H19Cl2N3O2. The molecule has 1 aliphatic heterocycles. The Morgan fingerprint density at radius 2 is 2.04 bits per heavy atom. The zero-order chi connectivity index (χ0) is 18.1. The molecule has 0 spiro atoms. The quantitative estimate of drug-likeness (QED) is 0.859. The number of carbonyl (C=O) groups is 1. The van der Waals surface area contributed by atoms with E-state index < -0.39 is 0 Å². The van der Waals surface area contributed by atoms with E-state index in [-0.39, 0.29) is 12.0 Å². The summed E-state index contributed by atoms with van der Waals surface area (Å²) in [7, 11) is 0. The van der Waals surface area contributed by atoms with Crippen LogP contribution in [0.2, 0.25) is 10.0 Å². The van der Waals surface area contributed by atoms with Crippen molar-refractivity contribution in [2.75, 3.05) is 24.6 Å². The highest BCUT2D eigenvalue weighted by atomic mass is 35.5. The number of benzene rings is 1. The highest BCUT2D eigenvalue weighted by molar-refractivity contribution is 6.42. The molecule has 5 nitrogen and oxygen atoms in total. The summed E-state index contributed by atoms with van der Waals surface area (Å²) in [4.78, 5) is 18.8. The third kappa shape index (κ3) is 3.95. The molecule has 1 amide bonds. The largest absolute Gasteiger partial charge is 0.370 e. The highest BCUT2D eigenvalue weighted by Crippen LogP contribution is 2.30. The Bertz CT molecular complexity index is 826. The summed E-state index contributed by atoms with van der Waals surface area (Å²) in [6.45, 7) is 1.93. The predicted molar refractivity (Wildman–Crippen MR) is 102 cm³/mol. The second-order valence-corrected chi connectivity index (χ2v) is 7.44. The number of hydrogen-bond acceptors (Lipinski definition) is 4. The highest BCUT2D eigenvalue weighted by Gasteiger charge is 2.26. The van der Waals surface area contributed by atoms with E-state index >= 15 is 0 Å². The molecule has 1 atom stereocenters. The molecule has 1 saturated heterocycles. The molecule has 1 saturated carbocycles. The van der Waals surface area contributed by atoms with Gasteiger partial charge in [-0.15, -0.1) is 0 Å². The maximum absolute atomic E-state index is 12.3. The molecule has 2 fully saturated rings. The molecule has 0 radical (unpaired) electrons. The van der Waals surface area contributed by atoms with E-state index in [1.54, 1.807) is 18.3 Å². The van der Waals surface area contributed by atoms with Crippen LogP contribution in [0.25, 0.3) is 0 Å². The Morgan fingerprint density at radius 3 is 2.81 bits per heavy atom. The minimum Gasteiger partial charge on any atom is -0.370 e. The van der Waals surface area contributed by atoms with Crippen LogP contribution >= 0.6 is 23.2 Å². The minimum absolute atomic E-state index is 0.0366. The molecule has 1 unspecified atom stereocenters. The smallest absolute Gasteiger partial charge is 0.251 e. The van der Waals surface area contributed by atoms with E-state index in [2.05, 4.69) is 15.2 Å². The van der Waals surface area contributed by atoms with Crippen LogP contribution < -0.4 is 10.2 Å². The first-order valence-corrected chi connectivity index (χ1v) is 9.44. The van der Waals surface area contributed by atoms with Gasteiger partial charge in [-0.25, -0.2) is 4.98 Å². The lowest BCUT2D eigenvalue weighted by Crippen LogP contribution is -2.39. The van der Waals surface area contributed by atoms with Crippen molar-refractivity contribution in [3.63, 3.8) is 0 Å². The summed E-state index contributed by atoms with van der Waals surface area (Å²) in [6.07, 6.45) is 3.70. The number of halogens is 2. The van der Waals surface area contributed by atoms with Crippen molar-refractivity contribution in [3.8, 4) is 0 Å². The van der Waals surface area contributed by atoms with Gasteiger partial charge in [-0.3, -0.25) is 4.79 Å². The maximum Gasteiger partial charge on any atom is 0.251 e. The number of pyridine rings is 1. The normalized spacial score (nSPS) is 20.1. The lowest BCUT2D eigenvalue weighted by atomic mass is 10.1. The van der Waals surface area contributed by atoms with Gasteiger partial charge >= 0.3 is 0 Å². The second kappa shape index (κ2) is 7.43. The summed E-state index contributed by atoms with van der Waals surface area (Å²) in [5.74, 6) is 0.743. The number of nitrogens with one attached hydrogen (secondary N) is 1. The third-order valence-electron chi connectivity index (χ3n) is 4.63. The summed E-state index contributed by atoms with van der Waals surface area (Å²) >= 11 is 12.1. The topological polar surface area (TPSA) is 54.5 Å². The molecule has 0 bridgehead atoms. The molecular weight excluding hydrogens is 373 g/mol. The van der Waals surface area contributed by atoms with Crippen molar-refractivity contribution >= 4 is 34.9 Å². The van der Waals surface area contributed by atoms with Crippen LogP contribution in [0.4, 0.5) is 5.82 Å². The molecule has 1 aliphatic carbocycles. The van der Waals surface area contributed by atoms with E-state index in [0.717, 1.165) is 30.8 Å². The van der Waals surface area contributed by atoms with E-state index in [1.165, 1.54) is 0 Å². The SMILES string of the molecule is O=C(NC1CC1)c1ccnc(N2CCOC(c3ccc(Cl)c(Cl)c3)C2)c1. The van der Waals surface area contributed by atoms with E-state index in [4.69, 9.17) is 27.9 Å². The number of nitrogens with zero attached hydrogens (tertiary/aromatic N) is 2. The van der Waals surface area contributed by atoms with Crippen LogP contribution in [0.3, 0.4) is 0 Å². The van der Waals surface area contributed by atoms with Crippen LogP contribution in [0.15, 0.2) is 36.5 Å². The van der Waals surface area contributed by atoms with Gasteiger partial charge in [0.15, 0.2) is 0 Å². The molecule has 4 rings (SSSR count). The zero-order valence-electron chi connectivity index (χ0n) is 14.1. The number of amides is 1. The van der Waals surface area contributed by atoms with Crippen molar-refractivity contribution in [1.29, 1.82) is 0 Å². The second-order valence-electron chi connectivity index (χ2n) is 6.63. The zero-order valence-corrected chi connectivity index (χ0v) is 15.6. The Hall–Kier alpha value is -1.82. The molecule has 26 heavy (non-hydrogen) atoms. The van der Waals surface area contributed by atoms with E-state index in [1.807, 2.05) is 18.2 Å². The van der Waals surface area contributed by atoms with Crippen molar-refractivity contribution < 1.29 is 9.53 Å². The van der Waals surface area contributed by atoms with Crippen LogP contribution in [0.1, 0.15) is 34.9 Å². The van der Waals surface area contributed by atoms with E-state index in [0.29, 0.717) is 34.8 Å². The fourth-order valence-electron chi connectivity index (χ4n) is 3.00. The molecule has 136 valence electrons. The first kappa shape index (κ1) is 17.6. The lowest BCUT2D eigenvalue weighted by molar-refractivity contribution is 0.0395. The fraction of sp³-hybridized carbons (Fsp3) is 0.368. The summed E-state index contributed by atoms with van der Waals surface area (Å²) in [5, 5.41) is 4.05. The first-order valence-electron chi connectivity index (χ1n) is 8.68. The van der Waals surface area contributed by atoms with Crippen LogP contribution in [-0.2, 0) is 4.74 Å². The van der Waals surface area contributed by atoms with Gasteiger partial charge in [0.2, 0.25) is 0 Å². The third-order valence-corrected chi connectivity index (χ3v) is 5.37. The number of carbonyl (C=O) groups excluding carboxylic acids is 1. The standard InChI is InChI=1S/C19H19Cl2N3O2/c20-15-4-1-12(9-16(15)21)17-11-24(7-8-26-17)18-10-13(5-6-22-18)19(25)23-14-2-3-14/h1,4-6,9-10,14,17H,2-3,7-8,11H2,(H,23,25).